The lowest BCUT2D eigenvalue weighted by Gasteiger charge is -2.17. The maximum atomic E-state index is 5.88. The number of unbranched alkanes of at least 4 members (excludes halogenated alkanes) is 1. The Morgan fingerprint density at radius 2 is 2.00 bits per heavy atom. The van der Waals surface area contributed by atoms with Gasteiger partial charge in [-0.1, -0.05) is 33.6 Å². The quantitative estimate of drug-likeness (QED) is 0.599. The Morgan fingerprint density at radius 1 is 1.33 bits per heavy atom. The van der Waals surface area contributed by atoms with Crippen molar-refractivity contribution >= 4 is 0 Å². The van der Waals surface area contributed by atoms with E-state index in [4.69, 9.17) is 10.5 Å². The summed E-state index contributed by atoms with van der Waals surface area (Å²) in [6.07, 6.45) is 3.48. The normalized spacial score (nSPS) is 16.0. The number of ether oxygens (including phenoxy) is 1. The van der Waals surface area contributed by atoms with Gasteiger partial charge in [0.25, 0.3) is 0 Å². The largest absolute Gasteiger partial charge is 0.380 e. The van der Waals surface area contributed by atoms with E-state index in [9.17, 15) is 0 Å². The fourth-order valence-corrected chi connectivity index (χ4v) is 0.933. The molecule has 0 saturated carbocycles. The van der Waals surface area contributed by atoms with Gasteiger partial charge in [-0.25, -0.2) is 0 Å². The van der Waals surface area contributed by atoms with Crippen LogP contribution in [0.4, 0.5) is 0 Å². The van der Waals surface area contributed by atoms with Crippen LogP contribution in [0.25, 0.3) is 0 Å². The van der Waals surface area contributed by atoms with Crippen LogP contribution in [-0.2, 0) is 4.74 Å². The lowest BCUT2D eigenvalue weighted by atomic mass is 10.0. The fraction of sp³-hybridized carbons (Fsp3) is 1.00. The average Bonchev–Trinajstić information content (AvgIpc) is 2.10. The van der Waals surface area contributed by atoms with Crippen molar-refractivity contribution in [2.45, 2.75) is 46.1 Å². The highest BCUT2D eigenvalue weighted by atomic mass is 16.5. The summed E-state index contributed by atoms with van der Waals surface area (Å²) in [5.74, 6) is 0.576. The van der Waals surface area contributed by atoms with Gasteiger partial charge in [0.2, 0.25) is 0 Å². The first kappa shape index (κ1) is 11.9. The van der Waals surface area contributed by atoms with Gasteiger partial charge < -0.3 is 10.5 Å². The Labute approximate surface area is 76.5 Å². The van der Waals surface area contributed by atoms with Crippen LogP contribution in [0.2, 0.25) is 0 Å². The summed E-state index contributed by atoms with van der Waals surface area (Å²) in [6, 6.07) is 0.215. The van der Waals surface area contributed by atoms with E-state index >= 15 is 0 Å². The monoisotopic (exact) mass is 173 g/mol. The van der Waals surface area contributed by atoms with E-state index in [0.717, 1.165) is 26.1 Å². The zero-order valence-electron chi connectivity index (χ0n) is 8.68. The molecule has 12 heavy (non-hydrogen) atoms. The molecule has 0 amide bonds. The second-order valence-electron chi connectivity index (χ2n) is 3.48. The molecule has 0 fully saturated rings. The molecule has 0 radical (unpaired) electrons. The minimum Gasteiger partial charge on any atom is -0.380 e. The molecular weight excluding hydrogens is 150 g/mol. The summed E-state index contributed by atoms with van der Waals surface area (Å²) in [7, 11) is 0. The van der Waals surface area contributed by atoms with E-state index in [-0.39, 0.29) is 6.04 Å². The Morgan fingerprint density at radius 3 is 2.50 bits per heavy atom. The van der Waals surface area contributed by atoms with Crippen molar-refractivity contribution in [3.8, 4) is 0 Å². The van der Waals surface area contributed by atoms with E-state index < -0.39 is 0 Å². The molecule has 0 aliphatic heterocycles. The Balaban J connectivity index is 3.24. The predicted octanol–water partition coefficient (Wildman–Crippen LogP) is 2.18. The lowest BCUT2D eigenvalue weighted by molar-refractivity contribution is 0.105. The van der Waals surface area contributed by atoms with Crippen molar-refractivity contribution in [2.24, 2.45) is 11.7 Å². The van der Waals surface area contributed by atoms with E-state index in [1.165, 1.54) is 6.42 Å². The zero-order chi connectivity index (χ0) is 9.40. The third kappa shape index (κ3) is 5.56. The van der Waals surface area contributed by atoms with Crippen molar-refractivity contribution in [3.63, 3.8) is 0 Å². The second kappa shape index (κ2) is 7.56. The summed E-state index contributed by atoms with van der Waals surface area (Å²) in [5.41, 5.74) is 5.88. The minimum absolute atomic E-state index is 0.215. The molecule has 0 aliphatic carbocycles. The van der Waals surface area contributed by atoms with Crippen LogP contribution < -0.4 is 5.73 Å². The minimum atomic E-state index is 0.215. The molecule has 2 atom stereocenters. The molecule has 0 aromatic rings. The van der Waals surface area contributed by atoms with E-state index in [1.807, 2.05) is 0 Å². The van der Waals surface area contributed by atoms with Gasteiger partial charge in [-0.3, -0.25) is 0 Å². The lowest BCUT2D eigenvalue weighted by Crippen LogP contribution is -2.33. The molecule has 2 unspecified atom stereocenters. The molecule has 2 N–H and O–H groups in total. The summed E-state index contributed by atoms with van der Waals surface area (Å²) >= 11 is 0. The van der Waals surface area contributed by atoms with Crippen LogP contribution in [0.15, 0.2) is 0 Å². The van der Waals surface area contributed by atoms with Crippen molar-refractivity contribution in [2.75, 3.05) is 13.2 Å². The molecule has 0 heterocycles. The Kier molecular flexibility index (Phi) is 7.51. The molecule has 0 bridgehead atoms. The number of rotatable bonds is 7. The van der Waals surface area contributed by atoms with Crippen molar-refractivity contribution in [1.29, 1.82) is 0 Å². The molecule has 2 nitrogen and oxygen atoms in total. The van der Waals surface area contributed by atoms with Gasteiger partial charge in [0.05, 0.1) is 6.61 Å². The first-order valence-electron chi connectivity index (χ1n) is 5.05. The van der Waals surface area contributed by atoms with Crippen LogP contribution in [0.3, 0.4) is 0 Å². The zero-order valence-corrected chi connectivity index (χ0v) is 8.68. The number of hydrogen-bond donors (Lipinski definition) is 1. The van der Waals surface area contributed by atoms with Gasteiger partial charge in [-0.05, 0) is 12.3 Å². The van der Waals surface area contributed by atoms with Gasteiger partial charge in [0.1, 0.15) is 0 Å². The summed E-state index contributed by atoms with van der Waals surface area (Å²) < 4.78 is 5.43. The fourth-order valence-electron chi connectivity index (χ4n) is 0.933. The molecule has 74 valence electrons. The standard InChI is InChI=1S/C10H23NO/c1-4-6-7-12-8-10(11)9(3)5-2/h9-10H,4-8,11H2,1-3H3. The molecule has 0 aliphatic rings. The maximum absolute atomic E-state index is 5.88. The second-order valence-corrected chi connectivity index (χ2v) is 3.48. The highest BCUT2D eigenvalue weighted by Gasteiger charge is 2.09. The summed E-state index contributed by atoms with van der Waals surface area (Å²) in [5, 5.41) is 0. The van der Waals surface area contributed by atoms with Crippen molar-refractivity contribution < 1.29 is 4.74 Å². The first-order valence-corrected chi connectivity index (χ1v) is 5.05. The van der Waals surface area contributed by atoms with Gasteiger partial charge in [-0.2, -0.15) is 0 Å². The molecule has 0 aromatic heterocycles. The SMILES string of the molecule is CCCCOCC(N)C(C)CC. The van der Waals surface area contributed by atoms with Crippen LogP contribution in [-0.4, -0.2) is 19.3 Å². The van der Waals surface area contributed by atoms with E-state index in [1.54, 1.807) is 0 Å². The first-order chi connectivity index (χ1) is 5.72. The third-order valence-electron chi connectivity index (χ3n) is 2.33. The summed E-state index contributed by atoms with van der Waals surface area (Å²) in [6.45, 7) is 8.08. The number of hydrogen-bond acceptors (Lipinski definition) is 2. The maximum Gasteiger partial charge on any atom is 0.0620 e. The van der Waals surface area contributed by atoms with Crippen LogP contribution in [0.1, 0.15) is 40.0 Å². The molecule has 0 saturated heterocycles. The topological polar surface area (TPSA) is 35.2 Å². The molecular formula is C10H23NO. The van der Waals surface area contributed by atoms with Gasteiger partial charge >= 0.3 is 0 Å². The number of nitrogens with two attached hydrogens (primary N) is 1. The average molecular weight is 173 g/mol. The van der Waals surface area contributed by atoms with Gasteiger partial charge in [-0.15, -0.1) is 0 Å². The molecule has 0 rings (SSSR count). The van der Waals surface area contributed by atoms with E-state index in [0.29, 0.717) is 5.92 Å². The molecule has 2 heteroatoms. The van der Waals surface area contributed by atoms with Crippen molar-refractivity contribution in [1.82, 2.24) is 0 Å². The van der Waals surface area contributed by atoms with Crippen LogP contribution in [0.5, 0.6) is 0 Å². The Bertz CT molecular complexity index is 95.8. The smallest absolute Gasteiger partial charge is 0.0620 e. The predicted molar refractivity (Wildman–Crippen MR) is 53.2 cm³/mol. The van der Waals surface area contributed by atoms with E-state index in [2.05, 4.69) is 20.8 Å². The van der Waals surface area contributed by atoms with Crippen LogP contribution >= 0.6 is 0 Å². The third-order valence-corrected chi connectivity index (χ3v) is 2.33. The Hall–Kier alpha value is -0.0800. The molecule has 0 aromatic carbocycles. The van der Waals surface area contributed by atoms with Crippen LogP contribution in [0, 0.1) is 5.92 Å². The highest BCUT2D eigenvalue weighted by Crippen LogP contribution is 2.05. The molecule has 0 spiro atoms. The summed E-state index contributed by atoms with van der Waals surface area (Å²) in [4.78, 5) is 0. The van der Waals surface area contributed by atoms with Gasteiger partial charge in [0, 0.05) is 12.6 Å². The van der Waals surface area contributed by atoms with Crippen molar-refractivity contribution in [3.05, 3.63) is 0 Å². The van der Waals surface area contributed by atoms with Gasteiger partial charge in [0.15, 0.2) is 0 Å². The highest BCUT2D eigenvalue weighted by molar-refractivity contribution is 4.66.